The van der Waals surface area contributed by atoms with Gasteiger partial charge in [-0.15, -0.1) is 0 Å². The van der Waals surface area contributed by atoms with E-state index in [4.69, 9.17) is 5.26 Å². The van der Waals surface area contributed by atoms with Crippen LogP contribution in [0.1, 0.15) is 0 Å². The summed E-state index contributed by atoms with van der Waals surface area (Å²) < 4.78 is 0. The van der Waals surface area contributed by atoms with E-state index in [-0.39, 0.29) is 5.37 Å². The summed E-state index contributed by atoms with van der Waals surface area (Å²) in [7, 11) is 3.90. The predicted molar refractivity (Wildman–Crippen MR) is 57.9 cm³/mol. The van der Waals surface area contributed by atoms with Crippen LogP contribution < -0.4 is 5.01 Å². The van der Waals surface area contributed by atoms with Crippen molar-refractivity contribution in [1.29, 1.82) is 5.26 Å². The van der Waals surface area contributed by atoms with Gasteiger partial charge in [-0.25, -0.2) is 5.01 Å². The second-order valence-electron chi connectivity index (χ2n) is 3.26. The molecule has 4 heteroatoms. The molecule has 1 aromatic carbocycles. The Labute approximate surface area is 87.9 Å². The van der Waals surface area contributed by atoms with Crippen LogP contribution in [0.5, 0.6) is 0 Å². The van der Waals surface area contributed by atoms with E-state index in [0.29, 0.717) is 0 Å². The molecule has 0 N–H and O–H groups in total. The van der Waals surface area contributed by atoms with Crippen molar-refractivity contribution in [2.45, 2.75) is 10.3 Å². The summed E-state index contributed by atoms with van der Waals surface area (Å²) in [5.41, 5.74) is 1.12. The number of nitrogens with zero attached hydrogens (tertiary/aromatic N) is 3. The molecule has 1 unspecified atom stereocenters. The first-order valence-electron chi connectivity index (χ1n) is 4.36. The van der Waals surface area contributed by atoms with Crippen LogP contribution in [0, 0.1) is 11.3 Å². The van der Waals surface area contributed by atoms with Crippen molar-refractivity contribution >= 4 is 17.4 Å². The van der Waals surface area contributed by atoms with Crippen molar-refractivity contribution < 1.29 is 0 Å². The zero-order chi connectivity index (χ0) is 10.1. The lowest BCUT2D eigenvalue weighted by Gasteiger charge is -2.28. The number of nitriles is 1. The van der Waals surface area contributed by atoms with Crippen molar-refractivity contribution in [1.82, 2.24) is 5.01 Å². The van der Waals surface area contributed by atoms with Crippen LogP contribution in [0.25, 0.3) is 0 Å². The number of thioether (sulfide) groups is 1. The van der Waals surface area contributed by atoms with Crippen LogP contribution in [0.2, 0.25) is 0 Å². The highest BCUT2D eigenvalue weighted by molar-refractivity contribution is 8.00. The Morgan fingerprint density at radius 3 is 2.79 bits per heavy atom. The molecule has 3 nitrogen and oxygen atoms in total. The number of hydrogen-bond acceptors (Lipinski definition) is 4. The smallest absolute Gasteiger partial charge is 0.182 e. The van der Waals surface area contributed by atoms with Gasteiger partial charge >= 0.3 is 0 Å². The summed E-state index contributed by atoms with van der Waals surface area (Å²) >= 11 is 1.60. The highest BCUT2D eigenvalue weighted by Gasteiger charge is 2.31. The number of benzene rings is 1. The third-order valence-corrected chi connectivity index (χ3v) is 3.24. The zero-order valence-electron chi connectivity index (χ0n) is 8.14. The molecular formula is C10H11N3S. The summed E-state index contributed by atoms with van der Waals surface area (Å²) in [6, 6.07) is 10.4. The molecule has 0 radical (unpaired) electrons. The van der Waals surface area contributed by atoms with Gasteiger partial charge in [-0.3, -0.25) is 5.01 Å². The highest BCUT2D eigenvalue weighted by atomic mass is 32.2. The van der Waals surface area contributed by atoms with Crippen molar-refractivity contribution in [3.63, 3.8) is 0 Å². The predicted octanol–water partition coefficient (Wildman–Crippen LogP) is 1.92. The van der Waals surface area contributed by atoms with E-state index in [0.717, 1.165) is 5.69 Å². The van der Waals surface area contributed by atoms with Crippen LogP contribution in [-0.4, -0.2) is 24.5 Å². The molecule has 0 fully saturated rings. The highest BCUT2D eigenvalue weighted by Crippen LogP contribution is 2.42. The van der Waals surface area contributed by atoms with Gasteiger partial charge in [0.15, 0.2) is 5.37 Å². The van der Waals surface area contributed by atoms with Crippen molar-refractivity contribution in [3.05, 3.63) is 24.3 Å². The van der Waals surface area contributed by atoms with Crippen LogP contribution in [-0.2, 0) is 0 Å². The average Bonchev–Trinajstić information content (AvgIpc) is 2.55. The molecular weight excluding hydrogens is 194 g/mol. The fourth-order valence-corrected chi connectivity index (χ4v) is 2.68. The molecule has 1 aliphatic heterocycles. The van der Waals surface area contributed by atoms with Gasteiger partial charge in [0.05, 0.1) is 5.69 Å². The Kier molecular flexibility index (Phi) is 2.36. The topological polar surface area (TPSA) is 30.3 Å². The van der Waals surface area contributed by atoms with Gasteiger partial charge in [-0.1, -0.05) is 23.9 Å². The first-order valence-corrected chi connectivity index (χ1v) is 5.24. The Morgan fingerprint density at radius 2 is 2.14 bits per heavy atom. The maximum atomic E-state index is 9.02. The summed E-state index contributed by atoms with van der Waals surface area (Å²) in [6.07, 6.45) is 0. The molecule has 1 aliphatic rings. The van der Waals surface area contributed by atoms with E-state index in [1.165, 1.54) is 4.90 Å². The molecule has 2 rings (SSSR count). The monoisotopic (exact) mass is 205 g/mol. The zero-order valence-corrected chi connectivity index (χ0v) is 8.95. The number of hydrogen-bond donors (Lipinski definition) is 0. The second kappa shape index (κ2) is 3.52. The summed E-state index contributed by atoms with van der Waals surface area (Å²) in [6.45, 7) is 0. The maximum absolute atomic E-state index is 9.02. The van der Waals surface area contributed by atoms with Gasteiger partial charge < -0.3 is 0 Å². The SMILES string of the molecule is CN(C)N1c2ccccc2SC1C#N. The van der Waals surface area contributed by atoms with Gasteiger partial charge in [0, 0.05) is 19.0 Å². The largest absolute Gasteiger partial charge is 0.278 e. The minimum Gasteiger partial charge on any atom is -0.278 e. The van der Waals surface area contributed by atoms with Gasteiger partial charge in [0.2, 0.25) is 0 Å². The summed E-state index contributed by atoms with van der Waals surface area (Å²) in [5.74, 6) is 0. The minimum atomic E-state index is -0.137. The van der Waals surface area contributed by atoms with Crippen molar-refractivity contribution in [3.8, 4) is 6.07 Å². The van der Waals surface area contributed by atoms with Crippen molar-refractivity contribution in [2.24, 2.45) is 0 Å². The lowest BCUT2D eigenvalue weighted by molar-refractivity contribution is 0.378. The third kappa shape index (κ3) is 1.35. The number of hydrazine groups is 1. The van der Waals surface area contributed by atoms with Crippen LogP contribution in [0.3, 0.4) is 0 Å². The lowest BCUT2D eigenvalue weighted by atomic mass is 10.3. The van der Waals surface area contributed by atoms with E-state index in [1.54, 1.807) is 11.8 Å². The fourth-order valence-electron chi connectivity index (χ4n) is 1.55. The molecule has 0 aromatic heterocycles. The minimum absolute atomic E-state index is 0.137. The molecule has 14 heavy (non-hydrogen) atoms. The number of anilines is 1. The normalized spacial score (nSPS) is 19.6. The van der Waals surface area contributed by atoms with Crippen LogP contribution in [0.15, 0.2) is 29.2 Å². The molecule has 0 bridgehead atoms. The van der Waals surface area contributed by atoms with Crippen molar-refractivity contribution in [2.75, 3.05) is 19.1 Å². The maximum Gasteiger partial charge on any atom is 0.182 e. The molecule has 1 heterocycles. The number of rotatable bonds is 1. The Balaban J connectivity index is 2.43. The van der Waals surface area contributed by atoms with E-state index in [9.17, 15) is 0 Å². The Morgan fingerprint density at radius 1 is 1.43 bits per heavy atom. The summed E-state index contributed by atoms with van der Waals surface area (Å²) in [4.78, 5) is 1.17. The second-order valence-corrected chi connectivity index (χ2v) is 4.38. The molecule has 0 saturated carbocycles. The first-order chi connectivity index (χ1) is 6.74. The number of para-hydroxylation sites is 1. The molecule has 0 aliphatic carbocycles. The first kappa shape index (κ1) is 9.38. The fraction of sp³-hybridized carbons (Fsp3) is 0.300. The molecule has 0 spiro atoms. The van der Waals surface area contributed by atoms with E-state index in [1.807, 2.05) is 48.4 Å². The van der Waals surface area contributed by atoms with E-state index >= 15 is 0 Å². The Bertz CT molecular complexity index is 383. The molecule has 0 saturated heterocycles. The lowest BCUT2D eigenvalue weighted by Crippen LogP contribution is -2.40. The number of fused-ring (bicyclic) bond motifs is 1. The van der Waals surface area contributed by atoms with Gasteiger partial charge in [-0.05, 0) is 12.1 Å². The quantitative estimate of drug-likeness (QED) is 0.700. The van der Waals surface area contributed by atoms with E-state index in [2.05, 4.69) is 6.07 Å². The molecule has 1 atom stereocenters. The standard InChI is InChI=1S/C10H11N3S/c1-12(2)13-8-5-3-4-6-9(8)14-10(13)7-11/h3-6,10H,1-2H3. The van der Waals surface area contributed by atoms with Crippen LogP contribution in [0.4, 0.5) is 5.69 Å². The Hall–Kier alpha value is -1.18. The molecule has 72 valence electrons. The molecule has 1 aromatic rings. The molecule has 0 amide bonds. The average molecular weight is 205 g/mol. The van der Waals surface area contributed by atoms with E-state index < -0.39 is 0 Å². The van der Waals surface area contributed by atoms with Crippen LogP contribution >= 0.6 is 11.8 Å². The third-order valence-electron chi connectivity index (χ3n) is 2.11. The van der Waals surface area contributed by atoms with Gasteiger partial charge in [0.25, 0.3) is 0 Å². The van der Waals surface area contributed by atoms with Gasteiger partial charge in [0.1, 0.15) is 6.07 Å². The van der Waals surface area contributed by atoms with Gasteiger partial charge in [-0.2, -0.15) is 5.26 Å². The summed E-state index contributed by atoms with van der Waals surface area (Å²) in [5, 5.41) is 12.8.